The van der Waals surface area contributed by atoms with Crippen LogP contribution >= 0.6 is 11.5 Å². The first-order chi connectivity index (χ1) is 6.92. The Bertz CT molecular complexity index is 300. The Labute approximate surface area is 87.5 Å². The molecule has 0 amide bonds. The van der Waals surface area contributed by atoms with Crippen LogP contribution in [0.25, 0.3) is 0 Å². The molecule has 1 aromatic heterocycles. The van der Waals surface area contributed by atoms with Crippen LogP contribution < -0.4 is 5.32 Å². The van der Waals surface area contributed by atoms with Gasteiger partial charge in [0.2, 0.25) is 0 Å². The minimum Gasteiger partial charge on any atom is -0.371 e. The summed E-state index contributed by atoms with van der Waals surface area (Å²) in [5, 5.41) is 8.52. The van der Waals surface area contributed by atoms with Crippen LogP contribution in [0.2, 0.25) is 0 Å². The van der Waals surface area contributed by atoms with Gasteiger partial charge < -0.3 is 10.2 Å². The number of aromatic nitrogens is 2. The normalized spacial score (nSPS) is 35.9. The van der Waals surface area contributed by atoms with E-state index in [1.54, 1.807) is 0 Å². The van der Waals surface area contributed by atoms with Crippen molar-refractivity contribution in [3.8, 4) is 0 Å². The summed E-state index contributed by atoms with van der Waals surface area (Å²) >= 11 is 1.46. The van der Waals surface area contributed by atoms with Crippen molar-refractivity contribution in [1.82, 2.24) is 14.5 Å². The lowest BCUT2D eigenvalue weighted by Gasteiger charge is -2.30. The number of nitrogens with zero attached hydrogens (tertiary/aromatic N) is 3. The third-order valence-electron chi connectivity index (χ3n) is 3.32. The van der Waals surface area contributed by atoms with Gasteiger partial charge in [-0.3, -0.25) is 0 Å². The molecule has 0 radical (unpaired) electrons. The van der Waals surface area contributed by atoms with Crippen LogP contribution in [0, 0.1) is 5.92 Å². The van der Waals surface area contributed by atoms with E-state index >= 15 is 0 Å². The number of hydrogen-bond acceptors (Lipinski definition) is 5. The monoisotopic (exact) mass is 210 g/mol. The standard InChI is InChI=1S/C9H14N4S/c1-3-13-4-2-8(7(1)6-13)11-9-5-10-12-14-9/h5,7-8,11H,1-4,6H2. The van der Waals surface area contributed by atoms with Crippen LogP contribution in [0.5, 0.6) is 0 Å². The molecule has 0 spiro atoms. The average molecular weight is 210 g/mol. The average Bonchev–Trinajstić information content (AvgIpc) is 2.80. The van der Waals surface area contributed by atoms with Gasteiger partial charge in [-0.25, -0.2) is 0 Å². The topological polar surface area (TPSA) is 41.1 Å². The lowest BCUT2D eigenvalue weighted by atomic mass is 9.94. The first kappa shape index (κ1) is 8.61. The Morgan fingerprint density at radius 1 is 1.43 bits per heavy atom. The molecular weight excluding hydrogens is 196 g/mol. The third kappa shape index (κ3) is 1.50. The molecule has 3 unspecified atom stereocenters. The molecule has 3 rings (SSSR count). The fraction of sp³-hybridized carbons (Fsp3) is 0.778. The number of rotatable bonds is 2. The van der Waals surface area contributed by atoms with E-state index in [4.69, 9.17) is 0 Å². The quantitative estimate of drug-likeness (QED) is 0.792. The first-order valence-corrected chi connectivity index (χ1v) is 5.95. The van der Waals surface area contributed by atoms with Gasteiger partial charge in [0.05, 0.1) is 6.20 Å². The Hall–Kier alpha value is -0.680. The van der Waals surface area contributed by atoms with Crippen LogP contribution in [0.15, 0.2) is 6.20 Å². The predicted octanol–water partition coefficient (Wildman–Crippen LogP) is 1.04. The Kier molecular flexibility index (Phi) is 2.14. The molecule has 2 fully saturated rings. The van der Waals surface area contributed by atoms with E-state index in [9.17, 15) is 0 Å². The van der Waals surface area contributed by atoms with Crippen LogP contribution in [-0.2, 0) is 0 Å². The number of anilines is 1. The van der Waals surface area contributed by atoms with Crippen LogP contribution in [-0.4, -0.2) is 40.2 Å². The molecule has 1 aromatic rings. The third-order valence-corrected chi connectivity index (χ3v) is 3.92. The SMILES string of the molecule is c1nnsc1NC1CCN2CCC1C2. The molecule has 5 heteroatoms. The molecule has 3 heterocycles. The molecule has 3 atom stereocenters. The van der Waals surface area contributed by atoms with Gasteiger partial charge in [-0.15, -0.1) is 5.10 Å². The molecule has 2 saturated heterocycles. The lowest BCUT2D eigenvalue weighted by Crippen LogP contribution is -2.39. The van der Waals surface area contributed by atoms with Crippen molar-refractivity contribution in [2.75, 3.05) is 25.0 Å². The zero-order chi connectivity index (χ0) is 9.38. The fourth-order valence-electron chi connectivity index (χ4n) is 2.55. The molecule has 2 aliphatic heterocycles. The molecule has 2 aliphatic rings. The van der Waals surface area contributed by atoms with Gasteiger partial charge in [0.25, 0.3) is 0 Å². The van der Waals surface area contributed by atoms with Gasteiger partial charge in [0, 0.05) is 30.7 Å². The van der Waals surface area contributed by atoms with E-state index in [0.29, 0.717) is 6.04 Å². The Balaban J connectivity index is 1.67. The Morgan fingerprint density at radius 3 is 3.21 bits per heavy atom. The second-order valence-electron chi connectivity index (χ2n) is 4.17. The summed E-state index contributed by atoms with van der Waals surface area (Å²) in [4.78, 5) is 2.56. The number of nitrogens with one attached hydrogen (secondary N) is 1. The van der Waals surface area contributed by atoms with Crippen molar-refractivity contribution >= 4 is 16.5 Å². The minimum atomic E-state index is 0.649. The first-order valence-electron chi connectivity index (χ1n) is 5.18. The smallest absolute Gasteiger partial charge is 0.130 e. The van der Waals surface area contributed by atoms with E-state index in [2.05, 4.69) is 19.8 Å². The zero-order valence-corrected chi connectivity index (χ0v) is 8.83. The van der Waals surface area contributed by atoms with Crippen molar-refractivity contribution in [2.45, 2.75) is 18.9 Å². The molecule has 14 heavy (non-hydrogen) atoms. The summed E-state index contributed by atoms with van der Waals surface area (Å²) in [5.41, 5.74) is 0. The van der Waals surface area contributed by atoms with E-state index in [1.807, 2.05) is 6.20 Å². The summed E-state index contributed by atoms with van der Waals surface area (Å²) in [6.45, 7) is 3.83. The van der Waals surface area contributed by atoms with Gasteiger partial charge in [-0.2, -0.15) is 0 Å². The molecular formula is C9H14N4S. The van der Waals surface area contributed by atoms with Gasteiger partial charge in [-0.05, 0) is 25.3 Å². The second kappa shape index (κ2) is 3.47. The Morgan fingerprint density at radius 2 is 2.36 bits per heavy atom. The largest absolute Gasteiger partial charge is 0.371 e. The van der Waals surface area contributed by atoms with Crippen LogP contribution in [0.1, 0.15) is 12.8 Å². The van der Waals surface area contributed by atoms with Crippen LogP contribution in [0.4, 0.5) is 5.00 Å². The molecule has 2 bridgehead atoms. The second-order valence-corrected chi connectivity index (χ2v) is 4.96. The van der Waals surface area contributed by atoms with Crippen molar-refractivity contribution < 1.29 is 0 Å². The maximum Gasteiger partial charge on any atom is 0.130 e. The predicted molar refractivity (Wildman–Crippen MR) is 56.5 cm³/mol. The number of piperidine rings is 1. The van der Waals surface area contributed by atoms with E-state index in [0.717, 1.165) is 10.9 Å². The van der Waals surface area contributed by atoms with Gasteiger partial charge in [-0.1, -0.05) is 4.49 Å². The molecule has 1 N–H and O–H groups in total. The van der Waals surface area contributed by atoms with Gasteiger partial charge in [0.15, 0.2) is 0 Å². The van der Waals surface area contributed by atoms with Gasteiger partial charge >= 0.3 is 0 Å². The highest BCUT2D eigenvalue weighted by molar-refractivity contribution is 7.09. The maximum absolute atomic E-state index is 3.87. The highest BCUT2D eigenvalue weighted by atomic mass is 32.1. The van der Waals surface area contributed by atoms with E-state index in [-0.39, 0.29) is 0 Å². The van der Waals surface area contributed by atoms with Crippen molar-refractivity contribution in [1.29, 1.82) is 0 Å². The van der Waals surface area contributed by atoms with Crippen molar-refractivity contribution in [3.05, 3.63) is 6.20 Å². The van der Waals surface area contributed by atoms with E-state index < -0.39 is 0 Å². The summed E-state index contributed by atoms with van der Waals surface area (Å²) in [6, 6.07) is 0.649. The highest BCUT2D eigenvalue weighted by Gasteiger charge is 2.34. The molecule has 0 saturated carbocycles. The minimum absolute atomic E-state index is 0.649. The lowest BCUT2D eigenvalue weighted by molar-refractivity contribution is 0.255. The molecule has 4 nitrogen and oxygen atoms in total. The maximum atomic E-state index is 3.87. The number of hydrogen-bond donors (Lipinski definition) is 1. The van der Waals surface area contributed by atoms with Gasteiger partial charge in [0.1, 0.15) is 5.00 Å². The molecule has 76 valence electrons. The highest BCUT2D eigenvalue weighted by Crippen LogP contribution is 2.29. The molecule has 0 aromatic carbocycles. The molecule has 0 aliphatic carbocycles. The summed E-state index contributed by atoms with van der Waals surface area (Å²) in [7, 11) is 0. The van der Waals surface area contributed by atoms with E-state index in [1.165, 1.54) is 44.0 Å². The summed E-state index contributed by atoms with van der Waals surface area (Å²) in [5.74, 6) is 0.839. The summed E-state index contributed by atoms with van der Waals surface area (Å²) < 4.78 is 3.87. The summed E-state index contributed by atoms with van der Waals surface area (Å²) in [6.07, 6.45) is 4.44. The zero-order valence-electron chi connectivity index (χ0n) is 8.02. The van der Waals surface area contributed by atoms with Crippen molar-refractivity contribution in [3.63, 3.8) is 0 Å². The van der Waals surface area contributed by atoms with Crippen LogP contribution in [0.3, 0.4) is 0 Å². The fourth-order valence-corrected chi connectivity index (χ4v) is 3.04. The van der Waals surface area contributed by atoms with Crippen molar-refractivity contribution in [2.24, 2.45) is 5.92 Å². The number of fused-ring (bicyclic) bond motifs is 2.